The van der Waals surface area contributed by atoms with Crippen LogP contribution in [0, 0.1) is 0 Å². The summed E-state index contributed by atoms with van der Waals surface area (Å²) < 4.78 is 35.4. The van der Waals surface area contributed by atoms with Gasteiger partial charge in [-0.05, 0) is 20.1 Å². The van der Waals surface area contributed by atoms with E-state index in [1.165, 1.54) is 0 Å². The van der Waals surface area contributed by atoms with E-state index < -0.39 is 18.8 Å². The van der Waals surface area contributed by atoms with E-state index in [4.69, 9.17) is 5.11 Å². The Morgan fingerprint density at radius 1 is 1.36 bits per heavy atom. The first-order valence-corrected chi connectivity index (χ1v) is 5.42. The van der Waals surface area contributed by atoms with Gasteiger partial charge in [0.2, 0.25) is 0 Å². The average molecular weight is 231 g/mol. The van der Waals surface area contributed by atoms with Crippen molar-refractivity contribution in [2.45, 2.75) is 30.9 Å². The van der Waals surface area contributed by atoms with Crippen molar-refractivity contribution in [1.82, 2.24) is 5.32 Å². The average Bonchev–Trinajstić information content (AvgIpc) is 2.02. The second-order valence-electron chi connectivity index (χ2n) is 3.65. The molecule has 0 aliphatic heterocycles. The lowest BCUT2D eigenvalue weighted by molar-refractivity contribution is -0.201. The summed E-state index contributed by atoms with van der Waals surface area (Å²) in [5, 5.41) is 11.3. The van der Waals surface area contributed by atoms with Gasteiger partial charge < -0.3 is 10.4 Å². The molecule has 0 aromatic rings. The number of alkyl halides is 3. The van der Waals surface area contributed by atoms with Gasteiger partial charge in [-0.25, -0.2) is 0 Å². The zero-order chi connectivity index (χ0) is 11.4. The lowest BCUT2D eigenvalue weighted by Gasteiger charge is -2.23. The van der Waals surface area contributed by atoms with Crippen LogP contribution < -0.4 is 5.32 Å². The van der Waals surface area contributed by atoms with Gasteiger partial charge in [-0.3, -0.25) is 0 Å². The lowest BCUT2D eigenvalue weighted by atomic mass is 10.2. The van der Waals surface area contributed by atoms with E-state index >= 15 is 0 Å². The van der Waals surface area contributed by atoms with E-state index in [1.54, 1.807) is 11.8 Å². The monoisotopic (exact) mass is 231 g/mol. The molecule has 1 unspecified atom stereocenters. The molecule has 0 aromatic heterocycles. The number of halogens is 3. The maximum atomic E-state index is 11.9. The molecule has 14 heavy (non-hydrogen) atoms. The molecule has 86 valence electrons. The fourth-order valence-electron chi connectivity index (χ4n) is 0.698. The second kappa shape index (κ2) is 5.23. The van der Waals surface area contributed by atoms with Gasteiger partial charge in [0.05, 0.1) is 0 Å². The Bertz CT molecular complexity index is 172. The first-order chi connectivity index (χ1) is 6.19. The van der Waals surface area contributed by atoms with Gasteiger partial charge in [-0.1, -0.05) is 0 Å². The maximum absolute atomic E-state index is 11.9. The molecule has 0 fully saturated rings. The fourth-order valence-corrected chi connectivity index (χ4v) is 0.944. The number of hydrogen-bond donors (Lipinski definition) is 2. The van der Waals surface area contributed by atoms with Crippen molar-refractivity contribution in [3.05, 3.63) is 0 Å². The zero-order valence-corrected chi connectivity index (χ0v) is 9.30. The highest BCUT2D eigenvalue weighted by Crippen LogP contribution is 2.21. The van der Waals surface area contributed by atoms with Crippen LogP contribution in [-0.2, 0) is 0 Å². The fraction of sp³-hybridized carbons (Fsp3) is 1.00. The van der Waals surface area contributed by atoms with Crippen molar-refractivity contribution in [1.29, 1.82) is 0 Å². The van der Waals surface area contributed by atoms with E-state index in [2.05, 4.69) is 5.32 Å². The van der Waals surface area contributed by atoms with Crippen LogP contribution in [0.2, 0.25) is 0 Å². The van der Waals surface area contributed by atoms with E-state index in [0.717, 1.165) is 0 Å². The molecule has 2 N–H and O–H groups in total. The molecule has 0 saturated heterocycles. The third kappa shape index (κ3) is 5.72. The summed E-state index contributed by atoms with van der Waals surface area (Å²) in [6, 6.07) is 0. The summed E-state index contributed by atoms with van der Waals surface area (Å²) in [7, 11) is 0. The zero-order valence-electron chi connectivity index (χ0n) is 8.48. The molecule has 0 aromatic carbocycles. The molecule has 0 aliphatic rings. The maximum Gasteiger partial charge on any atom is 0.415 e. The number of nitrogens with one attached hydrogen (secondary N) is 1. The number of aliphatic hydroxyl groups is 1. The van der Waals surface area contributed by atoms with Crippen LogP contribution in [0.15, 0.2) is 0 Å². The van der Waals surface area contributed by atoms with Crippen molar-refractivity contribution >= 4 is 11.8 Å². The molecule has 0 rings (SSSR count). The Morgan fingerprint density at radius 3 is 2.21 bits per heavy atom. The van der Waals surface area contributed by atoms with Crippen molar-refractivity contribution < 1.29 is 18.3 Å². The number of aliphatic hydroxyl groups excluding tert-OH is 1. The Kier molecular flexibility index (Phi) is 5.25. The van der Waals surface area contributed by atoms with Crippen molar-refractivity contribution in [3.63, 3.8) is 0 Å². The predicted octanol–water partition coefficient (Wildman–Crippen LogP) is 1.64. The SMILES string of the molecule is CSC(C)(C)CNCC(O)C(F)(F)F. The topological polar surface area (TPSA) is 32.3 Å². The van der Waals surface area contributed by atoms with Gasteiger partial charge in [-0.15, -0.1) is 0 Å². The third-order valence-electron chi connectivity index (χ3n) is 1.82. The van der Waals surface area contributed by atoms with Crippen molar-refractivity contribution in [3.8, 4) is 0 Å². The molecule has 6 heteroatoms. The van der Waals surface area contributed by atoms with E-state index in [0.29, 0.717) is 6.54 Å². The van der Waals surface area contributed by atoms with E-state index in [9.17, 15) is 13.2 Å². The van der Waals surface area contributed by atoms with E-state index in [-0.39, 0.29) is 4.75 Å². The van der Waals surface area contributed by atoms with Crippen LogP contribution in [0.5, 0.6) is 0 Å². The Labute approximate surface area is 86.3 Å². The highest BCUT2D eigenvalue weighted by Gasteiger charge is 2.37. The molecule has 0 aliphatic carbocycles. The van der Waals surface area contributed by atoms with Gasteiger partial charge in [0, 0.05) is 17.8 Å². The summed E-state index contributed by atoms with van der Waals surface area (Å²) in [6.45, 7) is 3.82. The first-order valence-electron chi connectivity index (χ1n) is 4.20. The molecule has 0 bridgehead atoms. The first kappa shape index (κ1) is 14.1. The van der Waals surface area contributed by atoms with Gasteiger partial charge >= 0.3 is 6.18 Å². The summed E-state index contributed by atoms with van der Waals surface area (Å²) >= 11 is 1.56. The van der Waals surface area contributed by atoms with E-state index in [1.807, 2.05) is 20.1 Å². The standard InChI is InChI=1S/C8H16F3NOS/c1-7(2,14-3)5-12-4-6(13)8(9,10)11/h6,12-13H,4-5H2,1-3H3. The normalized spacial score (nSPS) is 15.6. The number of hydrogen-bond acceptors (Lipinski definition) is 3. The van der Waals surface area contributed by atoms with Crippen LogP contribution in [0.1, 0.15) is 13.8 Å². The summed E-state index contributed by atoms with van der Waals surface area (Å²) in [5.74, 6) is 0. The molecule has 0 radical (unpaired) electrons. The van der Waals surface area contributed by atoms with Gasteiger partial charge in [0.1, 0.15) is 0 Å². The predicted molar refractivity (Wildman–Crippen MR) is 52.5 cm³/mol. The lowest BCUT2D eigenvalue weighted by Crippen LogP contribution is -2.42. The van der Waals surface area contributed by atoms with Crippen molar-refractivity contribution in [2.75, 3.05) is 19.3 Å². The van der Waals surface area contributed by atoms with Crippen molar-refractivity contribution in [2.24, 2.45) is 0 Å². The van der Waals surface area contributed by atoms with Gasteiger partial charge in [0.25, 0.3) is 0 Å². The van der Waals surface area contributed by atoms with Gasteiger partial charge in [-0.2, -0.15) is 24.9 Å². The van der Waals surface area contributed by atoms with Gasteiger partial charge in [0.15, 0.2) is 6.10 Å². The minimum Gasteiger partial charge on any atom is -0.382 e. The Morgan fingerprint density at radius 2 is 1.86 bits per heavy atom. The summed E-state index contributed by atoms with van der Waals surface area (Å²) in [5.41, 5.74) is 0. The molecule has 0 spiro atoms. The number of rotatable bonds is 5. The molecule has 0 amide bonds. The summed E-state index contributed by atoms with van der Waals surface area (Å²) in [4.78, 5) is 0. The minimum atomic E-state index is -4.53. The highest BCUT2D eigenvalue weighted by molar-refractivity contribution is 7.99. The van der Waals surface area contributed by atoms with Crippen LogP contribution in [0.3, 0.4) is 0 Å². The quantitative estimate of drug-likeness (QED) is 0.754. The molecular formula is C8H16F3NOS. The molecule has 2 nitrogen and oxygen atoms in total. The smallest absolute Gasteiger partial charge is 0.382 e. The number of thioether (sulfide) groups is 1. The van der Waals surface area contributed by atoms with Crippen LogP contribution in [0.25, 0.3) is 0 Å². The van der Waals surface area contributed by atoms with Crippen LogP contribution >= 0.6 is 11.8 Å². The second-order valence-corrected chi connectivity index (χ2v) is 5.17. The summed E-state index contributed by atoms with van der Waals surface area (Å²) in [6.07, 6.45) is -4.92. The molecule has 0 heterocycles. The molecular weight excluding hydrogens is 215 g/mol. The largest absolute Gasteiger partial charge is 0.415 e. The third-order valence-corrected chi connectivity index (χ3v) is 3.07. The minimum absolute atomic E-state index is 0.120. The Balaban J connectivity index is 3.75. The van der Waals surface area contributed by atoms with Crippen LogP contribution in [-0.4, -0.2) is 41.5 Å². The molecule has 1 atom stereocenters. The highest BCUT2D eigenvalue weighted by atomic mass is 32.2. The molecule has 0 saturated carbocycles. The van der Waals surface area contributed by atoms with Crippen LogP contribution in [0.4, 0.5) is 13.2 Å². The Hall–Kier alpha value is 0.0600.